The van der Waals surface area contributed by atoms with Gasteiger partial charge in [0.25, 0.3) is 0 Å². The number of benzene rings is 12. The highest BCUT2D eigenvalue weighted by Crippen LogP contribution is 2.57. The lowest BCUT2D eigenvalue weighted by molar-refractivity contribution is 0.660. The minimum absolute atomic E-state index is 0.00204. The second kappa shape index (κ2) is 19.8. The van der Waals surface area contributed by atoms with Crippen molar-refractivity contribution in [2.45, 2.75) is 24.7 Å². The number of hydrogen-bond acceptors (Lipinski definition) is 4. The molecule has 0 atom stereocenters. The van der Waals surface area contributed by atoms with Gasteiger partial charge in [0.05, 0.1) is 5.41 Å². The Morgan fingerprint density at radius 1 is 0.279 bits per heavy atom. The topological polar surface area (TPSA) is 25.8 Å². The predicted molar refractivity (Wildman–Crippen MR) is 366 cm³/mol. The van der Waals surface area contributed by atoms with Crippen molar-refractivity contribution >= 4 is 84.8 Å². The van der Waals surface area contributed by atoms with Crippen LogP contribution >= 0.6 is 22.7 Å². The maximum Gasteiger partial charge on any atom is 0.125 e. The van der Waals surface area contributed by atoms with Gasteiger partial charge in [-0.2, -0.15) is 0 Å². The van der Waals surface area contributed by atoms with Crippen molar-refractivity contribution in [3.8, 4) is 66.8 Å². The van der Waals surface area contributed by atoms with E-state index >= 15 is 0 Å². The van der Waals surface area contributed by atoms with E-state index in [9.17, 15) is 0 Å². The summed E-state index contributed by atoms with van der Waals surface area (Å²) >= 11 is 3.54. The number of fused-ring (bicyclic) bond motifs is 16. The molecule has 404 valence electrons. The summed E-state index contributed by atoms with van der Waals surface area (Å²) < 4.78 is 2.57. The summed E-state index contributed by atoms with van der Waals surface area (Å²) in [5.74, 6) is 0. The number of thiophene rings is 2. The van der Waals surface area contributed by atoms with Gasteiger partial charge < -0.3 is 0 Å². The highest BCUT2D eigenvalue weighted by molar-refractivity contribution is 7.26. The Hall–Kier alpha value is -10.1. The fourth-order valence-corrected chi connectivity index (χ4v) is 16.6. The van der Waals surface area contributed by atoms with Crippen LogP contribution in [0.2, 0.25) is 0 Å². The van der Waals surface area contributed by atoms with Crippen molar-refractivity contribution in [3.05, 3.63) is 325 Å². The molecule has 0 amide bonds. The zero-order valence-corrected chi connectivity index (χ0v) is 49.1. The second-order valence-electron chi connectivity index (χ2n) is 23.6. The van der Waals surface area contributed by atoms with E-state index in [1.54, 1.807) is 22.7 Å². The monoisotopic (exact) mass is 1130 g/mol. The number of nitrogens with zero attached hydrogens (tertiary/aromatic N) is 2. The lowest BCUT2D eigenvalue weighted by Gasteiger charge is -2.34. The number of aromatic nitrogens is 2. The third kappa shape index (κ3) is 7.83. The van der Waals surface area contributed by atoms with Crippen LogP contribution in [-0.2, 0) is 10.8 Å². The molecule has 16 aromatic rings. The zero-order chi connectivity index (χ0) is 57.1. The summed E-state index contributed by atoms with van der Waals surface area (Å²) in [5.41, 5.74) is 22.7. The molecule has 2 aliphatic rings. The number of hydrogen-bond donors (Lipinski definition) is 0. The summed E-state index contributed by atoms with van der Waals surface area (Å²) in [4.78, 5) is 11.9. The molecule has 4 aromatic heterocycles. The Morgan fingerprint density at radius 3 is 1.19 bits per heavy atom. The van der Waals surface area contributed by atoms with Crippen molar-refractivity contribution in [1.29, 1.82) is 0 Å². The highest BCUT2D eigenvalue weighted by atomic mass is 32.1. The molecule has 18 rings (SSSR count). The van der Waals surface area contributed by atoms with Crippen LogP contribution in [0.25, 0.3) is 129 Å². The normalized spacial score (nSPS) is 13.4. The molecule has 4 heterocycles. The minimum atomic E-state index is -0.412. The van der Waals surface area contributed by atoms with Gasteiger partial charge in [-0.05, 0) is 159 Å². The van der Waals surface area contributed by atoms with Gasteiger partial charge in [-0.1, -0.05) is 244 Å². The van der Waals surface area contributed by atoms with Crippen LogP contribution in [0.15, 0.2) is 291 Å². The molecule has 0 spiro atoms. The van der Waals surface area contributed by atoms with Crippen molar-refractivity contribution in [2.75, 3.05) is 0 Å². The average molecular weight is 1130 g/mol. The van der Waals surface area contributed by atoms with E-state index < -0.39 is 5.41 Å². The molecule has 0 saturated heterocycles. The van der Waals surface area contributed by atoms with Gasteiger partial charge >= 0.3 is 0 Å². The van der Waals surface area contributed by atoms with Crippen LogP contribution in [-0.4, -0.2) is 9.97 Å². The third-order valence-electron chi connectivity index (χ3n) is 18.5. The van der Waals surface area contributed by atoms with Crippen LogP contribution in [0.3, 0.4) is 0 Å². The zero-order valence-electron chi connectivity index (χ0n) is 47.4. The van der Waals surface area contributed by atoms with Gasteiger partial charge in [0, 0.05) is 59.5 Å². The second-order valence-corrected chi connectivity index (χ2v) is 25.6. The largest absolute Gasteiger partial charge is 0.245 e. The Kier molecular flexibility index (Phi) is 11.6. The Bertz CT molecular complexity index is 5360. The summed E-state index contributed by atoms with van der Waals surface area (Å²) in [6.07, 6.45) is 4.06. The quantitative estimate of drug-likeness (QED) is 0.166. The van der Waals surface area contributed by atoms with Gasteiger partial charge in [0.15, 0.2) is 0 Å². The third-order valence-corrected chi connectivity index (χ3v) is 20.7. The molecule has 86 heavy (non-hydrogen) atoms. The van der Waals surface area contributed by atoms with Gasteiger partial charge in [-0.25, -0.2) is 9.97 Å². The Morgan fingerprint density at radius 2 is 0.663 bits per heavy atom. The lowest BCUT2D eigenvalue weighted by atomic mass is 9.67. The first-order valence-electron chi connectivity index (χ1n) is 29.6. The first-order valence-corrected chi connectivity index (χ1v) is 31.2. The standard InChI is InChI=1S/C46H29NS.C36H25NS/c1-3-14-35(15-4-1)46(36-16-5-2-6-17-36)41-20-9-7-18-38(41)39-25-23-33(28-42(39)46)31-13-11-12-30(26-31)32-22-24-37-34(27-32)29-47-45-44(37)40-19-8-10-21-43(40)48-45;1-36(2)31-12-5-3-10-28(31)29-17-15-25(20-32(29)36)23-9-7-8-22(18-23)24-14-16-27-26(19-24)21-37-35-34(27)30-11-4-6-13-33(30)38-35/h1-29H;3-21H,1-2H3. The first kappa shape index (κ1) is 50.4. The van der Waals surface area contributed by atoms with Gasteiger partial charge in [-0.15, -0.1) is 22.7 Å². The minimum Gasteiger partial charge on any atom is -0.245 e. The summed E-state index contributed by atoms with van der Waals surface area (Å²) in [7, 11) is 0. The van der Waals surface area contributed by atoms with Crippen LogP contribution < -0.4 is 0 Å². The lowest BCUT2D eigenvalue weighted by Crippen LogP contribution is -2.28. The molecule has 0 aliphatic heterocycles. The molecular weight excluding hydrogens is 1080 g/mol. The maximum atomic E-state index is 4.88. The van der Waals surface area contributed by atoms with E-state index in [-0.39, 0.29) is 5.41 Å². The average Bonchev–Trinajstić information content (AvgIpc) is 2.03. The summed E-state index contributed by atoms with van der Waals surface area (Å²) in [6, 6.07) is 103. The Balaban J connectivity index is 0.000000138. The molecule has 0 fully saturated rings. The van der Waals surface area contributed by atoms with Gasteiger partial charge in [0.2, 0.25) is 0 Å². The van der Waals surface area contributed by atoms with Crippen LogP contribution in [0, 0.1) is 0 Å². The summed E-state index contributed by atoms with van der Waals surface area (Å²) in [6.45, 7) is 4.68. The van der Waals surface area contributed by atoms with Crippen LogP contribution in [0.5, 0.6) is 0 Å². The molecule has 12 aromatic carbocycles. The highest BCUT2D eigenvalue weighted by Gasteiger charge is 2.46. The van der Waals surface area contributed by atoms with E-state index in [0.29, 0.717) is 0 Å². The molecule has 0 unspecified atom stereocenters. The number of pyridine rings is 2. The molecular formula is C82H54N2S2. The molecule has 4 heteroatoms. The maximum absolute atomic E-state index is 4.88. The van der Waals surface area contributed by atoms with E-state index in [0.717, 1.165) is 9.66 Å². The molecule has 2 nitrogen and oxygen atoms in total. The Labute approximate surface area is 507 Å². The van der Waals surface area contributed by atoms with Gasteiger partial charge in [-0.3, -0.25) is 0 Å². The molecule has 0 saturated carbocycles. The SMILES string of the molecule is CC1(C)c2ccccc2-c2ccc(-c3cccc(-c4ccc5c(cnc6sc7ccccc7c65)c4)c3)cc21.c1ccc(C2(c3ccccc3)c3ccccc3-c3ccc(-c4cccc(-c5ccc6c(cnc7sc8ccccc8c76)c5)c4)cc32)cc1. The fourth-order valence-electron chi connectivity index (χ4n) is 14.4. The van der Waals surface area contributed by atoms with E-state index in [1.165, 1.54) is 153 Å². The van der Waals surface area contributed by atoms with Crippen LogP contribution in [0.4, 0.5) is 0 Å². The van der Waals surface area contributed by atoms with E-state index in [2.05, 4.69) is 293 Å². The molecule has 0 radical (unpaired) electrons. The van der Waals surface area contributed by atoms with E-state index in [4.69, 9.17) is 9.97 Å². The molecule has 0 bridgehead atoms. The fraction of sp³-hybridized carbons (Fsp3) is 0.0488. The van der Waals surface area contributed by atoms with Crippen molar-refractivity contribution < 1.29 is 0 Å². The van der Waals surface area contributed by atoms with Crippen LogP contribution in [0.1, 0.15) is 47.2 Å². The number of rotatable bonds is 6. The first-order chi connectivity index (χ1) is 42.4. The van der Waals surface area contributed by atoms with Crippen molar-refractivity contribution in [2.24, 2.45) is 0 Å². The molecule has 0 N–H and O–H groups in total. The van der Waals surface area contributed by atoms with E-state index in [1.807, 2.05) is 12.4 Å². The molecule has 2 aliphatic carbocycles. The van der Waals surface area contributed by atoms with Crippen molar-refractivity contribution in [1.82, 2.24) is 9.97 Å². The van der Waals surface area contributed by atoms with Gasteiger partial charge in [0.1, 0.15) is 9.66 Å². The summed E-state index contributed by atoms with van der Waals surface area (Å²) in [5, 5.41) is 9.98. The predicted octanol–water partition coefficient (Wildman–Crippen LogP) is 22.5. The smallest absolute Gasteiger partial charge is 0.125 e. The van der Waals surface area contributed by atoms with Crippen molar-refractivity contribution in [3.63, 3.8) is 0 Å².